The second-order valence-electron chi connectivity index (χ2n) is 9.05. The summed E-state index contributed by atoms with van der Waals surface area (Å²) in [5.74, 6) is 0. The Bertz CT molecular complexity index is 1850. The van der Waals surface area contributed by atoms with Gasteiger partial charge in [0, 0.05) is 25.7 Å². The molecule has 6 rings (SSSR count). The molecule has 6 aromatic rings. The Balaban J connectivity index is 1.45. The lowest BCUT2D eigenvalue weighted by Crippen LogP contribution is -1.86. The molecule has 0 radical (unpaired) electrons. The van der Waals surface area contributed by atoms with Crippen molar-refractivity contribution in [3.05, 3.63) is 133 Å². The lowest BCUT2D eigenvalue weighted by molar-refractivity contribution is 1.25. The van der Waals surface area contributed by atoms with Crippen LogP contribution >= 0.6 is 11.3 Å². The van der Waals surface area contributed by atoms with E-state index in [0.717, 1.165) is 5.56 Å². The number of rotatable bonds is 5. The second-order valence-corrected chi connectivity index (χ2v) is 10.1. The number of hydrogen-bond donors (Lipinski definition) is 1. The first-order valence-electron chi connectivity index (χ1n) is 12.3. The average Bonchev–Trinajstić information content (AvgIpc) is 3.33. The maximum atomic E-state index is 9.22. The highest BCUT2D eigenvalue weighted by atomic mass is 32.1. The SMILES string of the molecule is N#CC(/C=C\N)=C/Cc1ccc(-c2cc3sc4cc(-c5ccccc5)ccc4c3c3ccccc23)cc1. The van der Waals surface area contributed by atoms with Crippen LogP contribution in [0.5, 0.6) is 0 Å². The van der Waals surface area contributed by atoms with Gasteiger partial charge in [-0.2, -0.15) is 5.26 Å². The summed E-state index contributed by atoms with van der Waals surface area (Å²) < 4.78 is 2.61. The molecule has 1 heterocycles. The van der Waals surface area contributed by atoms with Crippen molar-refractivity contribution in [2.45, 2.75) is 6.42 Å². The third kappa shape index (κ3) is 4.29. The summed E-state index contributed by atoms with van der Waals surface area (Å²) >= 11 is 1.86. The minimum atomic E-state index is 0.572. The Hall–Kier alpha value is -4.65. The number of benzene rings is 5. The van der Waals surface area contributed by atoms with E-state index >= 15 is 0 Å². The molecule has 37 heavy (non-hydrogen) atoms. The molecule has 0 saturated heterocycles. The molecule has 0 aliphatic carbocycles. The van der Waals surface area contributed by atoms with Crippen LogP contribution in [0, 0.1) is 11.3 Å². The van der Waals surface area contributed by atoms with E-state index in [2.05, 4.69) is 109 Å². The summed E-state index contributed by atoms with van der Waals surface area (Å²) in [6.07, 6.45) is 5.62. The molecule has 0 unspecified atom stereocenters. The highest BCUT2D eigenvalue weighted by molar-refractivity contribution is 7.26. The van der Waals surface area contributed by atoms with Gasteiger partial charge in [0.1, 0.15) is 0 Å². The van der Waals surface area contributed by atoms with E-state index in [1.807, 2.05) is 17.4 Å². The number of nitrogens with two attached hydrogens (primary N) is 1. The minimum Gasteiger partial charge on any atom is -0.405 e. The quantitative estimate of drug-likeness (QED) is 0.193. The molecule has 1 aromatic heterocycles. The first kappa shape index (κ1) is 22.8. The number of thiophene rings is 1. The van der Waals surface area contributed by atoms with Crippen LogP contribution in [-0.4, -0.2) is 0 Å². The zero-order valence-electron chi connectivity index (χ0n) is 20.2. The normalized spacial score (nSPS) is 12.0. The fourth-order valence-corrected chi connectivity index (χ4v) is 6.19. The number of fused-ring (bicyclic) bond motifs is 5. The highest BCUT2D eigenvalue weighted by Crippen LogP contribution is 2.43. The fourth-order valence-electron chi connectivity index (χ4n) is 4.99. The summed E-state index contributed by atoms with van der Waals surface area (Å²) in [5.41, 5.74) is 12.1. The average molecular weight is 493 g/mol. The zero-order chi connectivity index (χ0) is 25.2. The lowest BCUT2D eigenvalue weighted by Gasteiger charge is -2.10. The van der Waals surface area contributed by atoms with Gasteiger partial charge in [-0.1, -0.05) is 97.1 Å². The molecule has 0 amide bonds. The molecule has 0 saturated carbocycles. The van der Waals surface area contributed by atoms with Gasteiger partial charge in [-0.25, -0.2) is 0 Å². The molecule has 5 aromatic carbocycles. The first-order valence-corrected chi connectivity index (χ1v) is 13.1. The second kappa shape index (κ2) is 9.78. The number of nitriles is 1. The molecule has 0 aliphatic heterocycles. The number of hydrogen-bond acceptors (Lipinski definition) is 3. The number of nitrogens with zero attached hydrogens (tertiary/aromatic N) is 1. The van der Waals surface area contributed by atoms with Crippen LogP contribution in [0.1, 0.15) is 5.56 Å². The van der Waals surface area contributed by atoms with Gasteiger partial charge >= 0.3 is 0 Å². The van der Waals surface area contributed by atoms with Gasteiger partial charge in [0.15, 0.2) is 0 Å². The van der Waals surface area contributed by atoms with Crippen LogP contribution in [0.25, 0.3) is 53.2 Å². The smallest absolute Gasteiger partial charge is 0.0988 e. The topological polar surface area (TPSA) is 49.8 Å². The van der Waals surface area contributed by atoms with E-state index in [1.54, 1.807) is 6.08 Å². The predicted octanol–water partition coefficient (Wildman–Crippen LogP) is 9.01. The van der Waals surface area contributed by atoms with Gasteiger partial charge in [-0.3, -0.25) is 0 Å². The van der Waals surface area contributed by atoms with Gasteiger partial charge in [-0.15, -0.1) is 11.3 Å². The van der Waals surface area contributed by atoms with Crippen LogP contribution in [0.15, 0.2) is 127 Å². The van der Waals surface area contributed by atoms with E-state index < -0.39 is 0 Å². The minimum absolute atomic E-state index is 0.572. The van der Waals surface area contributed by atoms with E-state index in [4.69, 9.17) is 5.73 Å². The largest absolute Gasteiger partial charge is 0.405 e. The van der Waals surface area contributed by atoms with Crippen LogP contribution in [0.4, 0.5) is 0 Å². The lowest BCUT2D eigenvalue weighted by atomic mass is 9.94. The van der Waals surface area contributed by atoms with Crippen molar-refractivity contribution in [2.24, 2.45) is 5.73 Å². The van der Waals surface area contributed by atoms with Gasteiger partial charge < -0.3 is 5.73 Å². The summed E-state index contributed by atoms with van der Waals surface area (Å²) in [7, 11) is 0. The Kier molecular flexibility index (Phi) is 6.02. The molecule has 0 spiro atoms. The van der Waals surface area contributed by atoms with E-state index in [9.17, 15) is 5.26 Å². The van der Waals surface area contributed by atoms with Gasteiger partial charge in [-0.05, 0) is 69.4 Å². The predicted molar refractivity (Wildman–Crippen MR) is 158 cm³/mol. The molecule has 0 atom stereocenters. The van der Waals surface area contributed by atoms with Crippen molar-refractivity contribution in [1.29, 1.82) is 5.26 Å². The Morgan fingerprint density at radius 1 is 0.730 bits per heavy atom. The van der Waals surface area contributed by atoms with Gasteiger partial charge in [0.05, 0.1) is 6.07 Å². The highest BCUT2D eigenvalue weighted by Gasteiger charge is 2.14. The molecule has 0 aliphatic rings. The van der Waals surface area contributed by atoms with Crippen molar-refractivity contribution >= 4 is 42.3 Å². The monoisotopic (exact) mass is 492 g/mol. The van der Waals surface area contributed by atoms with E-state index in [1.165, 1.54) is 59.4 Å². The summed E-state index contributed by atoms with van der Waals surface area (Å²) in [6, 6.07) is 39.3. The Labute approximate surface area is 220 Å². The van der Waals surface area contributed by atoms with Crippen LogP contribution in [0.3, 0.4) is 0 Å². The fraction of sp³-hybridized carbons (Fsp3) is 0.0294. The Morgan fingerprint density at radius 2 is 1.46 bits per heavy atom. The van der Waals surface area contributed by atoms with Crippen LogP contribution in [0.2, 0.25) is 0 Å². The maximum absolute atomic E-state index is 9.22. The maximum Gasteiger partial charge on any atom is 0.0988 e. The van der Waals surface area contributed by atoms with Gasteiger partial charge in [0.2, 0.25) is 0 Å². The molecule has 3 heteroatoms. The standard InChI is InChI=1S/C34H24N2S/c35-19-18-24(22-36)11-10-23-12-14-26(15-13-23)31-21-33-34(29-9-5-4-8-28(29)31)30-17-16-27(20-32(30)37-33)25-6-2-1-3-7-25/h1-9,11-21H,10,35H2/b19-18-,24-11+. The third-order valence-electron chi connectivity index (χ3n) is 6.81. The summed E-state index contributed by atoms with van der Waals surface area (Å²) in [5, 5.41) is 14.4. The Morgan fingerprint density at radius 3 is 2.22 bits per heavy atom. The van der Waals surface area contributed by atoms with E-state index in [0.29, 0.717) is 12.0 Å². The number of allylic oxidation sites excluding steroid dienone is 3. The molecule has 2 N–H and O–H groups in total. The van der Waals surface area contributed by atoms with Crippen molar-refractivity contribution < 1.29 is 0 Å². The molecular formula is C34H24N2S. The summed E-state index contributed by atoms with van der Waals surface area (Å²) in [4.78, 5) is 0. The van der Waals surface area contributed by atoms with Crippen molar-refractivity contribution in [3.63, 3.8) is 0 Å². The molecule has 0 bridgehead atoms. The van der Waals surface area contributed by atoms with Crippen molar-refractivity contribution in [2.75, 3.05) is 0 Å². The first-order chi connectivity index (χ1) is 18.2. The molecular weight excluding hydrogens is 468 g/mol. The molecule has 176 valence electrons. The molecule has 0 fully saturated rings. The zero-order valence-corrected chi connectivity index (χ0v) is 21.0. The van der Waals surface area contributed by atoms with E-state index in [-0.39, 0.29) is 0 Å². The van der Waals surface area contributed by atoms with Crippen molar-refractivity contribution in [3.8, 4) is 28.3 Å². The molecule has 2 nitrogen and oxygen atoms in total. The van der Waals surface area contributed by atoms with Crippen molar-refractivity contribution in [1.82, 2.24) is 0 Å². The summed E-state index contributed by atoms with van der Waals surface area (Å²) in [6.45, 7) is 0. The third-order valence-corrected chi connectivity index (χ3v) is 7.91. The van der Waals surface area contributed by atoms with Crippen LogP contribution < -0.4 is 5.73 Å². The van der Waals surface area contributed by atoms with Crippen LogP contribution in [-0.2, 0) is 6.42 Å². The van der Waals surface area contributed by atoms with Gasteiger partial charge in [0.25, 0.3) is 0 Å².